The van der Waals surface area contributed by atoms with Gasteiger partial charge in [-0.25, -0.2) is 9.97 Å². The second-order valence-corrected chi connectivity index (χ2v) is 34.3. The Morgan fingerprint density at radius 1 is 0.478 bits per heavy atom. The smallest absolute Gasteiger partial charge is 0.307 e. The third-order valence-electron chi connectivity index (χ3n) is 22.1. The van der Waals surface area contributed by atoms with Gasteiger partial charge < -0.3 is 62.3 Å². The largest absolute Gasteiger partial charge is 0.507 e. The highest BCUT2D eigenvalue weighted by atomic mass is 125. The minimum Gasteiger partial charge on any atom is -0.507 e. The summed E-state index contributed by atoms with van der Waals surface area (Å²) in [7, 11) is 0. The maximum atomic E-state index is 14.5. The number of carboxylic acid groups (broad SMARTS) is 2. The number of aliphatic carboxylic acids is 2. The van der Waals surface area contributed by atoms with Gasteiger partial charge in [0.25, 0.3) is 0 Å². The van der Waals surface area contributed by atoms with E-state index in [2.05, 4.69) is 30.6 Å². The second kappa shape index (κ2) is 46.7. The van der Waals surface area contributed by atoms with Crippen molar-refractivity contribution in [3.8, 4) is 11.5 Å². The molecule has 2 aliphatic rings. The zero-order chi connectivity index (χ0) is 84.2. The molecule has 29 heteroatoms. The van der Waals surface area contributed by atoms with Crippen LogP contribution in [0, 0.1) is 58.1 Å². The minimum absolute atomic E-state index is 0.0974. The van der Waals surface area contributed by atoms with Crippen LogP contribution in [0.5, 0.6) is 11.5 Å². The lowest BCUT2D eigenvalue weighted by molar-refractivity contribution is -0.146. The van der Waals surface area contributed by atoms with E-state index in [0.717, 1.165) is 22.3 Å². The number of benzene rings is 4. The van der Waals surface area contributed by atoms with E-state index >= 15 is 0 Å². The number of phenols is 2. The number of carbonyl (C=O) groups excluding carboxylic acids is 10. The number of aromatic nitrogens is 4. The number of nitrogens with zero attached hydrogens (tertiary/aromatic N) is 4. The van der Waals surface area contributed by atoms with Crippen molar-refractivity contribution < 1.29 is 78.0 Å². The van der Waals surface area contributed by atoms with Crippen molar-refractivity contribution in [1.29, 1.82) is 0 Å². The Morgan fingerprint density at radius 2 is 0.852 bits per heavy atom. The first-order chi connectivity index (χ1) is 54.8. The van der Waals surface area contributed by atoms with Crippen molar-refractivity contribution in [3.05, 3.63) is 160 Å². The van der Waals surface area contributed by atoms with E-state index in [1.54, 1.807) is 36.7 Å². The lowest BCUT2D eigenvalue weighted by atomic mass is 9.86. The molecule has 4 amide bonds. The van der Waals surface area contributed by atoms with Crippen LogP contribution in [0.15, 0.2) is 116 Å². The van der Waals surface area contributed by atoms with Crippen LogP contribution in [0.3, 0.4) is 0 Å². The molecule has 26 nitrogen and oxygen atoms in total. The molecule has 4 heterocycles. The number of carbonyl (C=O) groups is 12. The topological polar surface area (TPSA) is 426 Å². The molecule has 4 aromatic carbocycles. The fourth-order valence-corrected chi connectivity index (χ4v) is 17.6. The van der Waals surface area contributed by atoms with Gasteiger partial charge in [0, 0.05) is 100 Å². The lowest BCUT2D eigenvalue weighted by Gasteiger charge is -2.30. The van der Waals surface area contributed by atoms with Gasteiger partial charge in [-0.1, -0.05) is 134 Å². The van der Waals surface area contributed by atoms with Gasteiger partial charge >= 0.3 is 11.9 Å². The Labute approximate surface area is 713 Å². The summed E-state index contributed by atoms with van der Waals surface area (Å²) in [4.78, 5) is 182. The van der Waals surface area contributed by atoms with Crippen LogP contribution in [0.25, 0.3) is 0 Å². The number of amides is 4. The summed E-state index contributed by atoms with van der Waals surface area (Å²) in [5.41, 5.74) is 16.6. The molecule has 14 atom stereocenters. The maximum absolute atomic E-state index is 14.5. The van der Waals surface area contributed by atoms with Gasteiger partial charge in [-0.2, -0.15) is 0 Å². The van der Waals surface area contributed by atoms with E-state index in [1.807, 2.05) is 170 Å². The van der Waals surface area contributed by atoms with Crippen molar-refractivity contribution in [1.82, 2.24) is 40.4 Å². The van der Waals surface area contributed by atoms with E-state index in [-0.39, 0.29) is 148 Å². The third-order valence-corrected chi connectivity index (χ3v) is 24.6. The van der Waals surface area contributed by atoms with E-state index < -0.39 is 107 Å². The second-order valence-electron chi connectivity index (χ2n) is 30.8. The summed E-state index contributed by atoms with van der Waals surface area (Å²) < 4.78 is 1.79. The summed E-state index contributed by atoms with van der Waals surface area (Å²) >= 11 is 6.03. The highest BCUT2D eigenvalue weighted by Crippen LogP contribution is 2.34. The first kappa shape index (κ1) is 94.0. The minimum atomic E-state index is -1.09. The number of ketones is 6. The molecule has 0 radical (unpaired) electrons. The quantitative estimate of drug-likeness (QED) is 0.0159. The number of Topliss-reactive ketones (excluding diaryl/α,β-unsaturated/α-hetero) is 6. The van der Waals surface area contributed by atoms with Crippen LogP contribution in [0.4, 0.5) is 0 Å². The number of nitrogens with two attached hydrogens (primary N) is 2. The average Bonchev–Trinajstić information content (AvgIpc) is 1.75. The number of aromatic amines is 2. The zero-order valence-corrected chi connectivity index (χ0v) is 72.8. The summed E-state index contributed by atoms with van der Waals surface area (Å²) in [5.74, 6) is -11.7. The fourth-order valence-electron chi connectivity index (χ4n) is 15.1. The van der Waals surface area contributed by atoms with Crippen molar-refractivity contribution >= 4 is 138 Å². The molecular weight excluding hydrogens is 1800 g/mol. The molecule has 2 aliphatic heterocycles. The monoisotopic (exact) mass is 1910 g/mol. The van der Waals surface area contributed by atoms with Gasteiger partial charge in [-0.3, -0.25) is 57.5 Å². The van der Waals surface area contributed by atoms with Crippen molar-refractivity contribution in [2.45, 2.75) is 219 Å². The molecule has 0 bridgehead atoms. The van der Waals surface area contributed by atoms with Crippen LogP contribution in [0.1, 0.15) is 178 Å². The van der Waals surface area contributed by atoms with Gasteiger partial charge in [0.05, 0.1) is 83.3 Å². The molecule has 2 fully saturated rings. The molecule has 0 saturated carbocycles. The summed E-state index contributed by atoms with van der Waals surface area (Å²) in [6.07, 6.45) is 11.1. The number of halogens is 3. The molecule has 115 heavy (non-hydrogen) atoms. The molecule has 2 saturated heterocycles. The van der Waals surface area contributed by atoms with Crippen LogP contribution in [-0.2, 0) is 96.1 Å². The number of likely N-dealkylation sites (tertiary alicyclic amines) is 2. The number of rotatable bonds is 46. The summed E-state index contributed by atoms with van der Waals surface area (Å²) in [6, 6.07) is 21.6. The normalized spacial score (nSPS) is 17.2. The predicted molar refractivity (Wildman–Crippen MR) is 459 cm³/mol. The SMILES string of the molecule is CCC[C@H](N)C(=O)C[C@@H](Cc1cc([125I])c(O)c([125I])c1)C(=O)N[C@H](C(=O)C[C@@H](Cc1cnc[nH]1)C(=O)N1CCC[C@H]1C(=O)C[C@@H](Cc1ccccc1)C(=O)O)C(C)CC.CCC[C@H](N)C(=O)C[C@@H](Cc1ccc(O)c([125I])c1)C(=O)N[C@H](C(=O)C[C@@H](Cc1cnc[nH]1)C(=O)N1CCC[C@H]1C(=O)C[C@@H](Cc1ccccc1)C(=O)O)C(C)CC. The zero-order valence-electron chi connectivity index (χ0n) is 66.3. The molecule has 622 valence electrons. The first-order valence-electron chi connectivity index (χ1n) is 39.9. The Balaban J connectivity index is 0.000000318. The molecular formula is C86H111I3N10O16. The van der Waals surface area contributed by atoms with Gasteiger partial charge in [0.15, 0.2) is 23.1 Å². The molecule has 2 aromatic heterocycles. The molecule has 12 N–H and O–H groups in total. The number of hydrogen-bond donors (Lipinski definition) is 10. The number of nitrogens with one attached hydrogen (secondary N) is 4. The number of imidazole rings is 2. The average molecular weight is 1920 g/mol. The van der Waals surface area contributed by atoms with Crippen LogP contribution in [-0.4, -0.2) is 170 Å². The van der Waals surface area contributed by atoms with Crippen LogP contribution >= 0.6 is 67.8 Å². The van der Waals surface area contributed by atoms with E-state index in [1.165, 1.54) is 28.5 Å². The Kier molecular flexibility index (Phi) is 38.2. The highest BCUT2D eigenvalue weighted by Gasteiger charge is 2.44. The van der Waals surface area contributed by atoms with Gasteiger partial charge in [0.2, 0.25) is 23.6 Å². The fraction of sp³-hybridized carbons (Fsp3) is 0.512. The van der Waals surface area contributed by atoms with Crippen molar-refractivity contribution in [2.75, 3.05) is 13.1 Å². The van der Waals surface area contributed by atoms with E-state index in [9.17, 15) is 78.0 Å². The number of hydrogen-bond acceptors (Lipinski definition) is 18. The van der Waals surface area contributed by atoms with Crippen molar-refractivity contribution in [2.24, 2.45) is 58.8 Å². The first-order valence-corrected chi connectivity index (χ1v) is 43.1. The van der Waals surface area contributed by atoms with E-state index in [4.69, 9.17) is 11.5 Å². The Bertz CT molecular complexity index is 4240. The highest BCUT2D eigenvalue weighted by molar-refractivity contribution is 14.1. The van der Waals surface area contributed by atoms with Gasteiger partial charge in [0.1, 0.15) is 23.1 Å². The number of H-pyrrole nitrogens is 2. The number of carboxylic acids is 2. The maximum Gasteiger partial charge on any atom is 0.307 e. The van der Waals surface area contributed by atoms with Gasteiger partial charge in [-0.15, -0.1) is 0 Å². The molecule has 0 spiro atoms. The van der Waals surface area contributed by atoms with Gasteiger partial charge in [-0.05, 0) is 190 Å². The number of phenolic OH excluding ortho intramolecular Hbond substituents is 2. The summed E-state index contributed by atoms with van der Waals surface area (Å²) in [5, 5.41) is 46.3. The van der Waals surface area contributed by atoms with E-state index in [0.29, 0.717) is 86.3 Å². The lowest BCUT2D eigenvalue weighted by Crippen LogP contribution is -2.50. The standard InChI is InChI=1S/C43H55I2N5O8.C43H56IN5O8/c1-4-10-34(46)36(51)20-28(16-27-17-32(44)40(54)33(45)18-27)41(55)49-39(25(3)5-2)38(53)21-29(19-31-23-47-24-48-31)42(56)50-14-9-13-35(50)37(52)22-30(43(57)58)15-26-11-7-6-8-12-26;1-4-10-34(45)37(51)21-29(18-28-14-15-36(50)33(44)19-28)41(54)48-40(26(3)5-2)39(53)22-30(20-32-24-46-25-47-32)42(55)49-16-9-13-35(49)38(52)23-31(43(56)57)17-27-11-7-6-8-12-27/h6-8,11-12,17-18,23-25,28-30,34-35,39,54H,4-5,9-10,13-16,19-22,46H2,1-3H3,(H,47,48)(H,49,55)(H,57,58);6-8,11-12,14-15,19,24-26,29-31,34-35,40,50H,4-5,9-10,13,16-18,20-23,45H2,1-3H3,(H,46,47)(H,48,54)(H,56,57)/t25?,28-,29-,30-,34+,35+,39+;26?,29-,30-,31-,34+,35+,40+/m11/s1/i44-2,45-2;44-2. The molecule has 6 aromatic rings. The molecule has 8 rings (SSSR count). The Morgan fingerprint density at radius 3 is 1.21 bits per heavy atom. The van der Waals surface area contributed by atoms with Crippen LogP contribution < -0.4 is 22.1 Å². The summed E-state index contributed by atoms with van der Waals surface area (Å²) in [6.45, 7) is 11.9. The molecule has 2 unspecified atom stereocenters. The van der Waals surface area contributed by atoms with Crippen LogP contribution in [0.2, 0.25) is 0 Å². The molecule has 0 aliphatic carbocycles. The predicted octanol–water partition coefficient (Wildman–Crippen LogP) is 11.0. The third kappa shape index (κ3) is 28.3. The Hall–Kier alpha value is -8.15. The number of aromatic hydroxyl groups is 2. The van der Waals surface area contributed by atoms with Crippen molar-refractivity contribution in [3.63, 3.8) is 0 Å².